The van der Waals surface area contributed by atoms with E-state index in [1.807, 2.05) is 13.0 Å². The SMILES string of the molecule is CCc1nc2ccc(Br)cc2c(=O)n1N=Cc1cc(Br)c(OCc2ccc(C(=O)O)cc2)c(OC)c1. The van der Waals surface area contributed by atoms with Crippen LogP contribution in [0.4, 0.5) is 0 Å². The zero-order chi connectivity index (χ0) is 25.8. The summed E-state index contributed by atoms with van der Waals surface area (Å²) in [4.78, 5) is 28.7. The van der Waals surface area contributed by atoms with Crippen LogP contribution in [0.1, 0.15) is 34.2 Å². The molecule has 0 aliphatic heterocycles. The second kappa shape index (κ2) is 11.0. The van der Waals surface area contributed by atoms with Crippen molar-refractivity contribution < 1.29 is 19.4 Å². The fourth-order valence-corrected chi connectivity index (χ4v) is 4.46. The van der Waals surface area contributed by atoms with Crippen LogP contribution in [-0.2, 0) is 13.0 Å². The molecule has 1 heterocycles. The standard InChI is InChI=1S/C26H21Br2N3O5/c1-3-23-30-21-9-8-18(27)12-19(21)25(32)31(23)29-13-16-10-20(28)24(22(11-16)35-2)36-14-15-4-6-17(7-5-15)26(33)34/h4-13H,3,14H2,1-2H3,(H,33,34). The molecule has 4 aromatic rings. The number of methoxy groups -OCH3 is 1. The number of benzene rings is 3. The number of carboxylic acids is 1. The van der Waals surface area contributed by atoms with E-state index < -0.39 is 5.97 Å². The molecule has 0 saturated heterocycles. The molecule has 0 bridgehead atoms. The minimum Gasteiger partial charge on any atom is -0.493 e. The van der Waals surface area contributed by atoms with E-state index in [0.717, 1.165) is 10.0 Å². The first kappa shape index (κ1) is 25.6. The summed E-state index contributed by atoms with van der Waals surface area (Å²) in [5.74, 6) is 0.521. The second-order valence-electron chi connectivity index (χ2n) is 7.73. The molecule has 3 aromatic carbocycles. The Bertz CT molecular complexity index is 1530. The Labute approximate surface area is 223 Å². The summed E-state index contributed by atoms with van der Waals surface area (Å²) >= 11 is 6.92. The van der Waals surface area contributed by atoms with E-state index in [-0.39, 0.29) is 17.7 Å². The van der Waals surface area contributed by atoms with Gasteiger partial charge in [-0.15, -0.1) is 0 Å². The van der Waals surface area contributed by atoms with Gasteiger partial charge in [-0.3, -0.25) is 4.79 Å². The number of nitrogens with zero attached hydrogens (tertiary/aromatic N) is 3. The quantitative estimate of drug-likeness (QED) is 0.257. The summed E-state index contributed by atoms with van der Waals surface area (Å²) in [6.07, 6.45) is 2.10. The molecule has 0 radical (unpaired) electrons. The van der Waals surface area contributed by atoms with E-state index in [2.05, 4.69) is 41.9 Å². The highest BCUT2D eigenvalue weighted by molar-refractivity contribution is 9.10. The molecular formula is C26H21Br2N3O5. The van der Waals surface area contributed by atoms with Gasteiger partial charge >= 0.3 is 5.97 Å². The molecule has 0 amide bonds. The van der Waals surface area contributed by atoms with Gasteiger partial charge in [0.1, 0.15) is 12.4 Å². The predicted octanol–water partition coefficient (Wildman–Crippen LogP) is 5.65. The maximum atomic E-state index is 13.1. The van der Waals surface area contributed by atoms with Crippen molar-refractivity contribution in [2.24, 2.45) is 5.10 Å². The van der Waals surface area contributed by atoms with E-state index in [0.29, 0.717) is 44.7 Å². The number of halogens is 2. The van der Waals surface area contributed by atoms with Crippen LogP contribution in [0.2, 0.25) is 0 Å². The number of aromatic nitrogens is 2. The minimum absolute atomic E-state index is 0.209. The van der Waals surface area contributed by atoms with Gasteiger partial charge in [-0.25, -0.2) is 9.78 Å². The van der Waals surface area contributed by atoms with Gasteiger partial charge in [-0.2, -0.15) is 9.78 Å². The van der Waals surface area contributed by atoms with Gasteiger partial charge < -0.3 is 14.6 Å². The number of aromatic carboxylic acids is 1. The third-order valence-corrected chi connectivity index (χ3v) is 6.43. The normalized spacial score (nSPS) is 11.2. The van der Waals surface area contributed by atoms with Crippen LogP contribution >= 0.6 is 31.9 Å². The molecule has 1 aromatic heterocycles. The van der Waals surface area contributed by atoms with E-state index in [1.165, 1.54) is 23.9 Å². The third kappa shape index (κ3) is 5.50. The van der Waals surface area contributed by atoms with E-state index in [4.69, 9.17) is 14.6 Å². The van der Waals surface area contributed by atoms with Crippen LogP contribution in [0.15, 0.2) is 73.4 Å². The molecule has 8 nitrogen and oxygen atoms in total. The zero-order valence-electron chi connectivity index (χ0n) is 19.4. The molecule has 0 unspecified atom stereocenters. The maximum absolute atomic E-state index is 13.1. The molecule has 184 valence electrons. The van der Waals surface area contributed by atoms with Crippen molar-refractivity contribution in [3.63, 3.8) is 0 Å². The van der Waals surface area contributed by atoms with E-state index in [1.54, 1.807) is 42.6 Å². The predicted molar refractivity (Wildman–Crippen MR) is 145 cm³/mol. The average Bonchev–Trinajstić information content (AvgIpc) is 2.87. The summed E-state index contributed by atoms with van der Waals surface area (Å²) in [5.41, 5.74) is 2.06. The molecule has 0 aliphatic carbocycles. The molecule has 0 fully saturated rings. The molecule has 0 aliphatic rings. The highest BCUT2D eigenvalue weighted by atomic mass is 79.9. The van der Waals surface area contributed by atoms with Crippen LogP contribution < -0.4 is 15.0 Å². The number of fused-ring (bicyclic) bond motifs is 1. The Morgan fingerprint density at radius 1 is 1.14 bits per heavy atom. The number of hydrogen-bond acceptors (Lipinski definition) is 6. The molecule has 0 spiro atoms. The number of aryl methyl sites for hydroxylation is 1. The fourth-order valence-electron chi connectivity index (χ4n) is 3.52. The number of ether oxygens (including phenoxy) is 2. The summed E-state index contributed by atoms with van der Waals surface area (Å²) in [5, 5.41) is 13.9. The largest absolute Gasteiger partial charge is 0.493 e. The van der Waals surface area contributed by atoms with Gasteiger partial charge in [-0.05, 0) is 69.5 Å². The molecule has 1 N–H and O–H groups in total. The Hall–Kier alpha value is -3.50. The number of rotatable bonds is 8. The molecule has 4 rings (SSSR count). The molecule has 36 heavy (non-hydrogen) atoms. The van der Waals surface area contributed by atoms with Crippen molar-refractivity contribution in [1.29, 1.82) is 0 Å². The highest BCUT2D eigenvalue weighted by Gasteiger charge is 2.13. The fraction of sp³-hybridized carbons (Fsp3) is 0.154. The second-order valence-corrected chi connectivity index (χ2v) is 9.50. The van der Waals surface area contributed by atoms with Crippen LogP contribution in [-0.4, -0.2) is 34.1 Å². The monoisotopic (exact) mass is 613 g/mol. The van der Waals surface area contributed by atoms with Gasteiger partial charge in [-0.1, -0.05) is 35.0 Å². The molecule has 0 atom stereocenters. The van der Waals surface area contributed by atoms with Gasteiger partial charge in [0.2, 0.25) is 0 Å². The number of hydrogen-bond donors (Lipinski definition) is 1. The van der Waals surface area contributed by atoms with Crippen LogP contribution in [0, 0.1) is 0 Å². The molecule has 0 saturated carbocycles. The summed E-state index contributed by atoms with van der Waals surface area (Å²) in [6, 6.07) is 15.4. The zero-order valence-corrected chi connectivity index (χ0v) is 22.5. The van der Waals surface area contributed by atoms with Gasteiger partial charge in [0.05, 0.1) is 34.3 Å². The van der Waals surface area contributed by atoms with Crippen LogP contribution in [0.25, 0.3) is 10.9 Å². The molecular weight excluding hydrogens is 594 g/mol. The van der Waals surface area contributed by atoms with E-state index in [9.17, 15) is 9.59 Å². The summed E-state index contributed by atoms with van der Waals surface area (Å²) in [6.45, 7) is 2.13. The lowest BCUT2D eigenvalue weighted by Gasteiger charge is -2.14. The first-order valence-corrected chi connectivity index (χ1v) is 12.5. The lowest BCUT2D eigenvalue weighted by molar-refractivity contribution is 0.0697. The Balaban J connectivity index is 1.62. The van der Waals surface area contributed by atoms with Crippen molar-refractivity contribution >= 4 is 54.9 Å². The smallest absolute Gasteiger partial charge is 0.335 e. The van der Waals surface area contributed by atoms with Crippen LogP contribution in [0.3, 0.4) is 0 Å². The average molecular weight is 615 g/mol. The Kier molecular flexibility index (Phi) is 7.85. The van der Waals surface area contributed by atoms with E-state index >= 15 is 0 Å². The summed E-state index contributed by atoms with van der Waals surface area (Å²) < 4.78 is 14.2. The number of carbonyl (C=O) groups is 1. The van der Waals surface area contributed by atoms with Gasteiger partial charge in [0.25, 0.3) is 5.56 Å². The van der Waals surface area contributed by atoms with Crippen molar-refractivity contribution in [3.8, 4) is 11.5 Å². The Morgan fingerprint density at radius 2 is 1.89 bits per heavy atom. The lowest BCUT2D eigenvalue weighted by Crippen LogP contribution is -2.22. The van der Waals surface area contributed by atoms with Crippen molar-refractivity contribution in [2.75, 3.05) is 7.11 Å². The Morgan fingerprint density at radius 3 is 2.56 bits per heavy atom. The number of carboxylic acid groups (broad SMARTS) is 1. The van der Waals surface area contributed by atoms with Crippen LogP contribution in [0.5, 0.6) is 11.5 Å². The lowest BCUT2D eigenvalue weighted by atomic mass is 10.1. The van der Waals surface area contributed by atoms with Crippen molar-refractivity contribution in [1.82, 2.24) is 9.66 Å². The minimum atomic E-state index is -0.982. The maximum Gasteiger partial charge on any atom is 0.335 e. The summed E-state index contributed by atoms with van der Waals surface area (Å²) in [7, 11) is 1.53. The first-order chi connectivity index (χ1) is 17.3. The van der Waals surface area contributed by atoms with Gasteiger partial charge in [0, 0.05) is 10.9 Å². The topological polar surface area (TPSA) is 103 Å². The molecule has 10 heteroatoms. The first-order valence-electron chi connectivity index (χ1n) is 10.9. The van der Waals surface area contributed by atoms with Gasteiger partial charge in [0.15, 0.2) is 11.5 Å². The third-order valence-electron chi connectivity index (χ3n) is 5.35. The highest BCUT2D eigenvalue weighted by Crippen LogP contribution is 2.37. The van der Waals surface area contributed by atoms with Crippen molar-refractivity contribution in [3.05, 3.63) is 96.4 Å². The van der Waals surface area contributed by atoms with Crippen molar-refractivity contribution in [2.45, 2.75) is 20.0 Å².